The highest BCUT2D eigenvalue weighted by Gasteiger charge is 2.08. The van der Waals surface area contributed by atoms with Crippen LogP contribution in [-0.4, -0.2) is 11.5 Å². The fourth-order valence-corrected chi connectivity index (χ4v) is 1.58. The van der Waals surface area contributed by atoms with Gasteiger partial charge < -0.3 is 0 Å². The lowest BCUT2D eigenvalue weighted by atomic mass is 10.0. The molecule has 15 heavy (non-hydrogen) atoms. The molecule has 0 saturated heterocycles. The summed E-state index contributed by atoms with van der Waals surface area (Å²) in [7, 11) is 0. The highest BCUT2D eigenvalue weighted by molar-refractivity contribution is 6.09. The van der Waals surface area contributed by atoms with Crippen molar-refractivity contribution in [2.75, 3.05) is 0 Å². The summed E-state index contributed by atoms with van der Waals surface area (Å²) in [5.41, 5.74) is 3.41. The summed E-state index contributed by atoms with van der Waals surface area (Å²) in [6, 6.07) is 8.33. The molecule has 1 aromatic carbocycles. The lowest BCUT2D eigenvalue weighted by molar-refractivity contribution is -0.113. The van der Waals surface area contributed by atoms with Gasteiger partial charge in [-0.25, -0.2) is 0 Å². The van der Waals surface area contributed by atoms with Crippen LogP contribution >= 0.6 is 0 Å². The Morgan fingerprint density at radius 2 is 2.00 bits per heavy atom. The van der Waals surface area contributed by atoms with E-state index < -0.39 is 0 Å². The number of carbonyl (C=O) groups excluding carboxylic acids is 1. The molecule has 0 atom stereocenters. The van der Waals surface area contributed by atoms with Crippen molar-refractivity contribution in [3.8, 4) is 0 Å². The fraction of sp³-hybridized carbons (Fsp3) is 0.231. The first-order valence-corrected chi connectivity index (χ1v) is 5.04. The number of hydrogen-bond donors (Lipinski definition) is 0. The van der Waals surface area contributed by atoms with E-state index in [1.165, 1.54) is 17.2 Å². The van der Waals surface area contributed by atoms with Gasteiger partial charge in [-0.15, -0.1) is 0 Å². The molecule has 1 aliphatic heterocycles. The van der Waals surface area contributed by atoms with Crippen LogP contribution in [0.2, 0.25) is 0 Å². The van der Waals surface area contributed by atoms with Crippen molar-refractivity contribution < 1.29 is 4.79 Å². The van der Waals surface area contributed by atoms with E-state index in [-0.39, 0.29) is 5.78 Å². The predicted molar refractivity (Wildman–Crippen MR) is 61.1 cm³/mol. The van der Waals surface area contributed by atoms with Gasteiger partial charge in [0.15, 0.2) is 5.78 Å². The number of aryl methyl sites for hydroxylation is 1. The molecule has 1 aromatic rings. The van der Waals surface area contributed by atoms with Gasteiger partial charge in [0.25, 0.3) is 0 Å². The van der Waals surface area contributed by atoms with E-state index in [2.05, 4.69) is 36.2 Å². The lowest BCUT2D eigenvalue weighted by Gasteiger charge is -2.07. The van der Waals surface area contributed by atoms with E-state index in [1.54, 1.807) is 6.20 Å². The van der Waals surface area contributed by atoms with Gasteiger partial charge in [0.1, 0.15) is 0 Å². The number of rotatable bonds is 2. The van der Waals surface area contributed by atoms with Gasteiger partial charge in [0.05, 0.1) is 0 Å². The van der Waals surface area contributed by atoms with Crippen LogP contribution in [0.3, 0.4) is 0 Å². The highest BCUT2D eigenvalue weighted by Crippen LogP contribution is 2.09. The van der Waals surface area contributed by atoms with Crippen molar-refractivity contribution in [2.24, 2.45) is 4.99 Å². The SMILES string of the molecule is Cc1ccc(CC2=NC=CC(=O)C2)cc1. The zero-order valence-corrected chi connectivity index (χ0v) is 8.73. The molecule has 2 rings (SSSR count). The van der Waals surface area contributed by atoms with Crippen molar-refractivity contribution in [1.29, 1.82) is 0 Å². The van der Waals surface area contributed by atoms with Gasteiger partial charge in [-0.05, 0) is 18.6 Å². The molecule has 0 aliphatic carbocycles. The first kappa shape index (κ1) is 9.84. The Morgan fingerprint density at radius 1 is 1.27 bits per heavy atom. The molecule has 1 heterocycles. The van der Waals surface area contributed by atoms with Crippen LogP contribution in [0, 0.1) is 6.92 Å². The number of aliphatic imine (C=N–C) groups is 1. The maximum atomic E-state index is 11.2. The van der Waals surface area contributed by atoms with Crippen molar-refractivity contribution in [3.05, 3.63) is 47.7 Å². The normalized spacial score (nSPS) is 15.3. The summed E-state index contributed by atoms with van der Waals surface area (Å²) in [4.78, 5) is 15.4. The maximum Gasteiger partial charge on any atom is 0.162 e. The second-order valence-corrected chi connectivity index (χ2v) is 3.82. The molecule has 0 aromatic heterocycles. The van der Waals surface area contributed by atoms with Gasteiger partial charge >= 0.3 is 0 Å². The molecular formula is C13H13NO. The second kappa shape index (κ2) is 4.22. The molecule has 0 amide bonds. The number of carbonyl (C=O) groups is 1. The molecule has 0 spiro atoms. The summed E-state index contributed by atoms with van der Waals surface area (Å²) in [6.45, 7) is 2.06. The molecule has 2 nitrogen and oxygen atoms in total. The molecule has 0 unspecified atom stereocenters. The fourth-order valence-electron chi connectivity index (χ4n) is 1.58. The van der Waals surface area contributed by atoms with E-state index in [4.69, 9.17) is 0 Å². The smallest absolute Gasteiger partial charge is 0.162 e. The van der Waals surface area contributed by atoms with Gasteiger partial charge in [0, 0.05) is 24.8 Å². The third-order valence-corrected chi connectivity index (χ3v) is 2.42. The number of ketones is 1. The van der Waals surface area contributed by atoms with Crippen LogP contribution < -0.4 is 0 Å². The second-order valence-electron chi connectivity index (χ2n) is 3.82. The number of allylic oxidation sites excluding steroid dienone is 1. The molecule has 0 saturated carbocycles. The van der Waals surface area contributed by atoms with E-state index in [1.807, 2.05) is 0 Å². The standard InChI is InChI=1S/C13H13NO/c1-10-2-4-11(5-3-10)8-12-9-13(15)6-7-14-12/h2-7H,8-9H2,1H3. The first-order valence-electron chi connectivity index (χ1n) is 5.04. The van der Waals surface area contributed by atoms with Gasteiger partial charge in [0.2, 0.25) is 0 Å². The van der Waals surface area contributed by atoms with Crippen LogP contribution in [0.4, 0.5) is 0 Å². The molecule has 1 aliphatic rings. The molecule has 0 bridgehead atoms. The van der Waals surface area contributed by atoms with Crippen LogP contribution in [-0.2, 0) is 11.2 Å². The summed E-state index contributed by atoms with van der Waals surface area (Å²) in [6.07, 6.45) is 4.36. The molecule has 0 radical (unpaired) electrons. The first-order chi connectivity index (χ1) is 7.24. The topological polar surface area (TPSA) is 29.4 Å². The average Bonchev–Trinajstić information content (AvgIpc) is 2.22. The quantitative estimate of drug-likeness (QED) is 0.719. The van der Waals surface area contributed by atoms with Crippen LogP contribution in [0.15, 0.2) is 41.5 Å². The molecule has 2 heteroatoms. The third-order valence-electron chi connectivity index (χ3n) is 2.42. The Balaban J connectivity index is 2.09. The van der Waals surface area contributed by atoms with Crippen molar-refractivity contribution in [3.63, 3.8) is 0 Å². The van der Waals surface area contributed by atoms with Crippen molar-refractivity contribution >= 4 is 11.5 Å². The number of hydrogen-bond acceptors (Lipinski definition) is 2. The third kappa shape index (κ3) is 2.62. The van der Waals surface area contributed by atoms with Crippen LogP contribution in [0.5, 0.6) is 0 Å². The summed E-state index contributed by atoms with van der Waals surface area (Å²) in [5, 5.41) is 0. The van der Waals surface area contributed by atoms with Gasteiger partial charge in [-0.3, -0.25) is 9.79 Å². The Kier molecular flexibility index (Phi) is 2.77. The largest absolute Gasteiger partial charge is 0.294 e. The highest BCUT2D eigenvalue weighted by atomic mass is 16.1. The van der Waals surface area contributed by atoms with E-state index in [0.717, 1.165) is 12.1 Å². The van der Waals surface area contributed by atoms with Crippen molar-refractivity contribution in [1.82, 2.24) is 0 Å². The molecule has 76 valence electrons. The zero-order valence-electron chi connectivity index (χ0n) is 8.73. The van der Waals surface area contributed by atoms with Crippen molar-refractivity contribution in [2.45, 2.75) is 19.8 Å². The van der Waals surface area contributed by atoms with Gasteiger partial charge in [-0.2, -0.15) is 0 Å². The molecule has 0 fully saturated rings. The van der Waals surface area contributed by atoms with E-state index in [9.17, 15) is 4.79 Å². The van der Waals surface area contributed by atoms with E-state index in [0.29, 0.717) is 6.42 Å². The van der Waals surface area contributed by atoms with E-state index >= 15 is 0 Å². The Morgan fingerprint density at radius 3 is 2.67 bits per heavy atom. The Bertz CT molecular complexity index is 426. The van der Waals surface area contributed by atoms with Crippen LogP contribution in [0.1, 0.15) is 17.5 Å². The summed E-state index contributed by atoms with van der Waals surface area (Å²) in [5.74, 6) is 0.145. The molecule has 0 N–H and O–H groups in total. The average molecular weight is 199 g/mol. The molecular weight excluding hydrogens is 186 g/mol. The van der Waals surface area contributed by atoms with Gasteiger partial charge in [-0.1, -0.05) is 29.8 Å². The minimum absolute atomic E-state index is 0.145. The summed E-state index contributed by atoms with van der Waals surface area (Å²) >= 11 is 0. The minimum atomic E-state index is 0.145. The minimum Gasteiger partial charge on any atom is -0.294 e. The lowest BCUT2D eigenvalue weighted by Crippen LogP contribution is -2.11. The Hall–Kier alpha value is -1.70. The zero-order chi connectivity index (χ0) is 10.7. The monoisotopic (exact) mass is 199 g/mol. The Labute approximate surface area is 89.3 Å². The van der Waals surface area contributed by atoms with Crippen LogP contribution in [0.25, 0.3) is 0 Å². The number of benzene rings is 1. The summed E-state index contributed by atoms with van der Waals surface area (Å²) < 4.78 is 0. The predicted octanol–water partition coefficient (Wildman–Crippen LogP) is 2.47. The number of nitrogens with zero attached hydrogens (tertiary/aromatic N) is 1. The maximum absolute atomic E-state index is 11.2.